The first-order chi connectivity index (χ1) is 16.2. The van der Waals surface area contributed by atoms with Gasteiger partial charge in [0.2, 0.25) is 0 Å². The van der Waals surface area contributed by atoms with Crippen LogP contribution in [-0.2, 0) is 4.79 Å². The van der Waals surface area contributed by atoms with Crippen molar-refractivity contribution in [2.75, 3.05) is 4.90 Å². The Morgan fingerprint density at radius 2 is 1.06 bits per heavy atom. The second-order valence-corrected chi connectivity index (χ2v) is 7.54. The molecule has 5 rings (SSSR count). The van der Waals surface area contributed by atoms with Gasteiger partial charge in [-0.05, 0) is 36.4 Å². The van der Waals surface area contributed by atoms with E-state index >= 15 is 0 Å². The summed E-state index contributed by atoms with van der Waals surface area (Å²) in [5.74, 6) is 0.275. The van der Waals surface area contributed by atoms with E-state index in [4.69, 9.17) is 4.74 Å². The monoisotopic (exact) mass is 435 g/mol. The smallest absolute Gasteiger partial charge is 0.345 e. The van der Waals surface area contributed by atoms with Crippen LogP contribution in [-0.4, -0.2) is 11.9 Å². The molecule has 0 aliphatic carbocycles. The molecule has 6 heteroatoms. The van der Waals surface area contributed by atoms with E-state index in [0.717, 1.165) is 11.1 Å². The number of hydrogen-bond acceptors (Lipinski definition) is 3. The number of anilines is 2. The second-order valence-electron chi connectivity index (χ2n) is 7.54. The number of hydrazine groups is 1. The number of para-hydroxylation sites is 4. The molecular weight excluding hydrogens is 414 g/mol. The van der Waals surface area contributed by atoms with E-state index in [1.807, 2.05) is 109 Å². The number of carbonyl (C=O) groups is 2. The van der Waals surface area contributed by atoms with Crippen LogP contribution in [0.1, 0.15) is 17.0 Å². The molecule has 1 heterocycles. The minimum atomic E-state index is -0.617. The Morgan fingerprint density at radius 1 is 0.606 bits per heavy atom. The van der Waals surface area contributed by atoms with Crippen LogP contribution in [0, 0.1) is 0 Å². The minimum absolute atomic E-state index is 0.354. The van der Waals surface area contributed by atoms with Gasteiger partial charge in [-0.1, -0.05) is 72.8 Å². The Kier molecular flexibility index (Phi) is 5.47. The van der Waals surface area contributed by atoms with Gasteiger partial charge >= 0.3 is 6.03 Å². The van der Waals surface area contributed by atoms with Crippen molar-refractivity contribution in [1.29, 1.82) is 0 Å². The molecule has 0 bridgehead atoms. The number of ether oxygens (including phenoxy) is 1. The molecule has 33 heavy (non-hydrogen) atoms. The summed E-state index contributed by atoms with van der Waals surface area (Å²) < 4.78 is 5.96. The van der Waals surface area contributed by atoms with Crippen LogP contribution in [0.4, 0.5) is 16.2 Å². The molecule has 0 spiro atoms. The highest BCUT2D eigenvalue weighted by molar-refractivity contribution is 6.00. The summed E-state index contributed by atoms with van der Waals surface area (Å²) in [4.78, 5) is 28.0. The maximum Gasteiger partial charge on any atom is 0.345 e. The van der Waals surface area contributed by atoms with Gasteiger partial charge < -0.3 is 4.74 Å². The third-order valence-electron chi connectivity index (χ3n) is 5.47. The predicted molar refractivity (Wildman–Crippen MR) is 126 cm³/mol. The van der Waals surface area contributed by atoms with E-state index in [0.29, 0.717) is 22.9 Å². The zero-order valence-corrected chi connectivity index (χ0v) is 17.6. The van der Waals surface area contributed by atoms with Crippen LogP contribution in [0.5, 0.6) is 11.5 Å². The molecule has 1 aliphatic heterocycles. The SMILES string of the molecule is O=C(NNC(=O)N(c1ccccc1)c1ccccc1)C1c2ccccc2Oc2ccccc21. The number of benzene rings is 4. The van der Waals surface area contributed by atoms with Crippen LogP contribution in [0.2, 0.25) is 0 Å². The van der Waals surface area contributed by atoms with Crippen molar-refractivity contribution < 1.29 is 14.3 Å². The second kappa shape index (κ2) is 8.88. The first-order valence-corrected chi connectivity index (χ1v) is 10.6. The quantitative estimate of drug-likeness (QED) is 0.417. The summed E-state index contributed by atoms with van der Waals surface area (Å²) in [6, 6.07) is 32.9. The molecule has 0 unspecified atom stereocenters. The third kappa shape index (κ3) is 4.02. The highest BCUT2D eigenvalue weighted by Gasteiger charge is 2.33. The van der Waals surface area contributed by atoms with E-state index in [1.165, 1.54) is 4.90 Å². The van der Waals surface area contributed by atoms with Gasteiger partial charge in [-0.2, -0.15) is 0 Å². The van der Waals surface area contributed by atoms with Gasteiger partial charge in [0.15, 0.2) is 0 Å². The van der Waals surface area contributed by atoms with Crippen molar-refractivity contribution >= 4 is 23.3 Å². The maximum absolute atomic E-state index is 13.3. The number of urea groups is 1. The van der Waals surface area contributed by atoms with E-state index < -0.39 is 11.9 Å². The van der Waals surface area contributed by atoms with Crippen molar-refractivity contribution in [3.63, 3.8) is 0 Å². The molecule has 0 saturated carbocycles. The summed E-state index contributed by atoms with van der Waals surface area (Å²) in [6.45, 7) is 0. The zero-order chi connectivity index (χ0) is 22.6. The summed E-state index contributed by atoms with van der Waals surface area (Å²) in [6.07, 6.45) is 0. The lowest BCUT2D eigenvalue weighted by Crippen LogP contribution is -2.49. The fraction of sp³-hybridized carbons (Fsp3) is 0.0370. The zero-order valence-electron chi connectivity index (χ0n) is 17.6. The van der Waals surface area contributed by atoms with Crippen LogP contribution < -0.4 is 20.5 Å². The number of hydrogen-bond donors (Lipinski definition) is 2. The Labute approximate surface area is 191 Å². The lowest BCUT2D eigenvalue weighted by Gasteiger charge is -2.28. The normalized spacial score (nSPS) is 12.0. The molecule has 0 radical (unpaired) electrons. The standard InChI is InChI=1S/C27H21N3O3/c31-26(25-21-15-7-9-17-23(21)33-24-18-10-8-16-22(24)25)28-29-27(32)30(19-11-3-1-4-12-19)20-13-5-2-6-14-20/h1-18,25H,(H,28,31)(H,29,32). The molecule has 0 atom stereocenters. The molecule has 0 fully saturated rings. The number of nitrogens with one attached hydrogen (secondary N) is 2. The van der Waals surface area contributed by atoms with Gasteiger partial charge in [-0.25, -0.2) is 10.2 Å². The highest BCUT2D eigenvalue weighted by Crippen LogP contribution is 2.43. The van der Waals surface area contributed by atoms with Crippen molar-refractivity contribution in [2.24, 2.45) is 0 Å². The van der Waals surface area contributed by atoms with Gasteiger partial charge in [-0.15, -0.1) is 0 Å². The summed E-state index contributed by atoms with van der Waals surface area (Å²) in [5, 5.41) is 0. The first-order valence-electron chi connectivity index (χ1n) is 10.6. The topological polar surface area (TPSA) is 70.7 Å². The molecule has 6 nitrogen and oxygen atoms in total. The molecule has 0 aromatic heterocycles. The van der Waals surface area contributed by atoms with Gasteiger partial charge in [0.05, 0.1) is 17.3 Å². The molecule has 2 N–H and O–H groups in total. The lowest BCUT2D eigenvalue weighted by atomic mass is 9.87. The molecule has 4 aromatic carbocycles. The number of rotatable bonds is 3. The summed E-state index contributed by atoms with van der Waals surface area (Å²) in [7, 11) is 0. The fourth-order valence-electron chi connectivity index (χ4n) is 3.97. The van der Waals surface area contributed by atoms with Crippen LogP contribution in [0.15, 0.2) is 109 Å². The number of carbonyl (C=O) groups excluding carboxylic acids is 2. The third-order valence-corrected chi connectivity index (χ3v) is 5.47. The van der Waals surface area contributed by atoms with Gasteiger partial charge in [-0.3, -0.25) is 15.1 Å². The lowest BCUT2D eigenvalue weighted by molar-refractivity contribution is -0.122. The van der Waals surface area contributed by atoms with Crippen LogP contribution in [0.3, 0.4) is 0 Å². The highest BCUT2D eigenvalue weighted by atomic mass is 16.5. The largest absolute Gasteiger partial charge is 0.457 e. The average molecular weight is 435 g/mol. The summed E-state index contributed by atoms with van der Waals surface area (Å²) >= 11 is 0. The number of nitrogens with zero attached hydrogens (tertiary/aromatic N) is 1. The van der Waals surface area contributed by atoms with Crippen molar-refractivity contribution in [1.82, 2.24) is 10.9 Å². The van der Waals surface area contributed by atoms with E-state index in [9.17, 15) is 9.59 Å². The Hall–Kier alpha value is -4.58. The Morgan fingerprint density at radius 3 is 1.58 bits per heavy atom. The van der Waals surface area contributed by atoms with E-state index in [2.05, 4.69) is 10.9 Å². The Bertz CT molecular complexity index is 1210. The van der Waals surface area contributed by atoms with E-state index in [1.54, 1.807) is 0 Å². The Balaban J connectivity index is 1.40. The number of fused-ring (bicyclic) bond motifs is 2. The molecule has 3 amide bonds. The minimum Gasteiger partial charge on any atom is -0.457 e. The van der Waals surface area contributed by atoms with Crippen LogP contribution >= 0.6 is 0 Å². The van der Waals surface area contributed by atoms with Crippen molar-refractivity contribution in [3.05, 3.63) is 120 Å². The maximum atomic E-state index is 13.3. The summed E-state index contributed by atoms with van der Waals surface area (Å²) in [5.41, 5.74) is 8.04. The molecule has 4 aromatic rings. The van der Waals surface area contributed by atoms with Crippen molar-refractivity contribution in [3.8, 4) is 11.5 Å². The molecule has 1 aliphatic rings. The van der Waals surface area contributed by atoms with Gasteiger partial charge in [0.1, 0.15) is 11.5 Å². The van der Waals surface area contributed by atoms with Gasteiger partial charge in [0.25, 0.3) is 5.91 Å². The average Bonchev–Trinajstić information content (AvgIpc) is 2.87. The molecule has 162 valence electrons. The first kappa shape index (κ1) is 20.3. The number of amides is 3. The molecule has 0 saturated heterocycles. The predicted octanol–water partition coefficient (Wildman–Crippen LogP) is 5.50. The fourth-order valence-corrected chi connectivity index (χ4v) is 3.97. The molecular formula is C27H21N3O3. The van der Waals surface area contributed by atoms with Gasteiger partial charge in [0, 0.05) is 11.1 Å². The van der Waals surface area contributed by atoms with Crippen molar-refractivity contribution in [2.45, 2.75) is 5.92 Å². The van der Waals surface area contributed by atoms with Crippen LogP contribution in [0.25, 0.3) is 0 Å². The van der Waals surface area contributed by atoms with E-state index in [-0.39, 0.29) is 5.91 Å².